The molecule has 4 heteroatoms. The van der Waals surface area contributed by atoms with Gasteiger partial charge in [-0.15, -0.1) is 0 Å². The van der Waals surface area contributed by atoms with Gasteiger partial charge in [-0.2, -0.15) is 0 Å². The molecule has 0 rings (SSSR count). The van der Waals surface area contributed by atoms with E-state index in [1.807, 2.05) is 0 Å². The minimum atomic E-state index is -0.351. The van der Waals surface area contributed by atoms with Crippen molar-refractivity contribution in [3.63, 3.8) is 0 Å². The Balaban J connectivity index is 2.83. The van der Waals surface area contributed by atoms with E-state index in [0.29, 0.717) is 5.32 Å². The van der Waals surface area contributed by atoms with Gasteiger partial charge in [0.2, 0.25) is 0 Å². The van der Waals surface area contributed by atoms with Gasteiger partial charge in [0.25, 0.3) is 0 Å². The molecule has 0 aromatic heterocycles. The van der Waals surface area contributed by atoms with Gasteiger partial charge in [-0.05, 0) is 0 Å². The Morgan fingerprint density at radius 2 is 2.33 bits per heavy atom. The molecule has 0 bridgehead atoms. The molecule has 0 unspecified atom stereocenters. The van der Waals surface area contributed by atoms with Crippen molar-refractivity contribution in [2.24, 2.45) is 0 Å². The van der Waals surface area contributed by atoms with Crippen molar-refractivity contribution in [3.05, 3.63) is 10.1 Å². The Kier molecular flexibility index (Phi) is 3.08. The molecule has 0 spiro atoms. The molecule has 0 saturated heterocycles. The van der Waals surface area contributed by atoms with Crippen LogP contribution in [0, 0.1) is 10.1 Å². The van der Waals surface area contributed by atoms with Crippen LogP contribution in [0.5, 0.6) is 0 Å². The summed E-state index contributed by atoms with van der Waals surface area (Å²) in [7, 11) is 0. The number of rotatable bonds is 2. The maximum absolute atomic E-state index is 9.38. The van der Waals surface area contributed by atoms with Gasteiger partial charge >= 0.3 is 42.9 Å². The van der Waals surface area contributed by atoms with Crippen LogP contribution in [0.25, 0.3) is 0 Å². The molecule has 0 fully saturated rings. The molecular weight excluding hydrogens is 149 g/mol. The van der Waals surface area contributed by atoms with Crippen molar-refractivity contribution < 1.29 is 4.92 Å². The van der Waals surface area contributed by atoms with Crippen LogP contribution in [0.4, 0.5) is 0 Å². The van der Waals surface area contributed by atoms with Crippen LogP contribution in [0.2, 0.25) is 5.32 Å². The molecule has 1 radical (unpaired) electrons. The predicted molar refractivity (Wildman–Crippen MR) is 22.4 cm³/mol. The molecule has 3 nitrogen and oxygen atoms in total. The molecular formula is C2H4NO2Se. The maximum atomic E-state index is 9.38. The first-order valence-corrected chi connectivity index (χ1v) is 2.68. The average molecular weight is 153 g/mol. The number of hydrogen-bond donors (Lipinski definition) is 0. The SMILES string of the molecule is O=[N+]([O-])CC[Se]. The van der Waals surface area contributed by atoms with E-state index in [2.05, 4.69) is 16.0 Å². The number of hydrogen-bond acceptors (Lipinski definition) is 2. The van der Waals surface area contributed by atoms with Crippen LogP contribution in [-0.4, -0.2) is 27.5 Å². The fourth-order valence-electron chi connectivity index (χ4n) is 0.0745. The van der Waals surface area contributed by atoms with Gasteiger partial charge in [-0.1, -0.05) is 0 Å². The van der Waals surface area contributed by atoms with E-state index in [0.717, 1.165) is 0 Å². The Hall–Kier alpha value is -0.0805. The molecule has 0 amide bonds. The Morgan fingerprint density at radius 1 is 1.83 bits per heavy atom. The molecule has 0 aliphatic carbocycles. The fourth-order valence-corrected chi connectivity index (χ4v) is 0.387. The molecule has 0 atom stereocenters. The second-order valence-corrected chi connectivity index (χ2v) is 1.62. The summed E-state index contributed by atoms with van der Waals surface area (Å²) in [6, 6.07) is 0. The third-order valence-corrected chi connectivity index (χ3v) is 0.657. The van der Waals surface area contributed by atoms with Gasteiger partial charge in [0.05, 0.1) is 0 Å². The van der Waals surface area contributed by atoms with Crippen LogP contribution in [0.1, 0.15) is 0 Å². The Morgan fingerprint density at radius 3 is 2.33 bits per heavy atom. The second-order valence-electron chi connectivity index (χ2n) is 0.760. The van der Waals surface area contributed by atoms with Crippen molar-refractivity contribution in [2.75, 3.05) is 6.54 Å². The quantitative estimate of drug-likeness (QED) is 0.314. The van der Waals surface area contributed by atoms with E-state index in [1.165, 1.54) is 0 Å². The second kappa shape index (κ2) is 3.12. The van der Waals surface area contributed by atoms with Crippen LogP contribution >= 0.6 is 0 Å². The number of nitro groups is 1. The monoisotopic (exact) mass is 154 g/mol. The van der Waals surface area contributed by atoms with E-state index in [-0.39, 0.29) is 11.5 Å². The molecule has 0 aromatic carbocycles. The van der Waals surface area contributed by atoms with Gasteiger partial charge in [-0.3, -0.25) is 0 Å². The molecule has 0 aliphatic rings. The normalized spacial score (nSPS) is 8.17. The summed E-state index contributed by atoms with van der Waals surface area (Å²) >= 11 is 2.53. The zero-order chi connectivity index (χ0) is 4.99. The van der Waals surface area contributed by atoms with E-state index in [9.17, 15) is 10.1 Å². The van der Waals surface area contributed by atoms with Gasteiger partial charge in [-0.25, -0.2) is 0 Å². The van der Waals surface area contributed by atoms with Crippen molar-refractivity contribution >= 4 is 16.0 Å². The molecule has 35 valence electrons. The Bertz CT molecular complexity index is 55.5. The zero-order valence-electron chi connectivity index (χ0n) is 3.09. The van der Waals surface area contributed by atoms with Crippen molar-refractivity contribution in [1.29, 1.82) is 0 Å². The van der Waals surface area contributed by atoms with Crippen molar-refractivity contribution in [1.82, 2.24) is 0 Å². The first kappa shape index (κ1) is 5.92. The summed E-state index contributed by atoms with van der Waals surface area (Å²) in [4.78, 5) is 9.03. The third kappa shape index (κ3) is 3.92. The van der Waals surface area contributed by atoms with Crippen LogP contribution in [-0.2, 0) is 0 Å². The zero-order valence-corrected chi connectivity index (χ0v) is 4.80. The van der Waals surface area contributed by atoms with Gasteiger partial charge < -0.3 is 0 Å². The van der Waals surface area contributed by atoms with E-state index in [1.54, 1.807) is 0 Å². The Labute approximate surface area is 43.7 Å². The first-order chi connectivity index (χ1) is 2.77. The molecule has 0 heterocycles. The standard InChI is InChI=1S/C2H4NO2Se/c4-3(5)1-2-6/h1-2H2. The molecule has 6 heavy (non-hydrogen) atoms. The summed E-state index contributed by atoms with van der Waals surface area (Å²) in [5, 5.41) is 9.89. The average Bonchev–Trinajstić information content (AvgIpc) is 1.35. The first-order valence-electron chi connectivity index (χ1n) is 1.47. The van der Waals surface area contributed by atoms with Gasteiger partial charge in [0, 0.05) is 0 Å². The summed E-state index contributed by atoms with van der Waals surface area (Å²) < 4.78 is 0. The fraction of sp³-hybridized carbons (Fsp3) is 1.00. The number of nitrogens with zero attached hydrogens (tertiary/aromatic N) is 1. The molecule has 0 N–H and O–H groups in total. The molecule has 0 saturated carbocycles. The van der Waals surface area contributed by atoms with E-state index in [4.69, 9.17) is 0 Å². The van der Waals surface area contributed by atoms with E-state index >= 15 is 0 Å². The van der Waals surface area contributed by atoms with Crippen molar-refractivity contribution in [2.45, 2.75) is 5.32 Å². The molecule has 0 aromatic rings. The molecule has 0 aliphatic heterocycles. The summed E-state index contributed by atoms with van der Waals surface area (Å²) in [5.41, 5.74) is 0. The van der Waals surface area contributed by atoms with Crippen LogP contribution in [0.3, 0.4) is 0 Å². The van der Waals surface area contributed by atoms with Crippen LogP contribution < -0.4 is 0 Å². The van der Waals surface area contributed by atoms with Gasteiger partial charge in [0.15, 0.2) is 0 Å². The third-order valence-electron chi connectivity index (χ3n) is 0.274. The minimum absolute atomic E-state index is 0.0417. The summed E-state index contributed by atoms with van der Waals surface area (Å²) in [6.07, 6.45) is 0. The summed E-state index contributed by atoms with van der Waals surface area (Å²) in [6.45, 7) is 0.0417. The topological polar surface area (TPSA) is 43.1 Å². The predicted octanol–water partition coefficient (Wildman–Crippen LogP) is -0.150. The van der Waals surface area contributed by atoms with Crippen LogP contribution in [0.15, 0.2) is 0 Å². The summed E-state index contributed by atoms with van der Waals surface area (Å²) in [5.74, 6) is 0. The van der Waals surface area contributed by atoms with Gasteiger partial charge in [0.1, 0.15) is 0 Å². The van der Waals surface area contributed by atoms with E-state index < -0.39 is 0 Å². The van der Waals surface area contributed by atoms with Crippen molar-refractivity contribution in [3.8, 4) is 0 Å².